The molecular formula is C24H29N5O3. The fraction of sp³-hybridized carbons (Fsp3) is 0.500. The van der Waals surface area contributed by atoms with Crippen LogP contribution in [0.3, 0.4) is 0 Å². The first-order chi connectivity index (χ1) is 15.8. The molecule has 1 atom stereocenters. The zero-order chi connectivity index (χ0) is 21.5. The van der Waals surface area contributed by atoms with Gasteiger partial charge in [-0.05, 0) is 43.0 Å². The molecule has 3 aromatic heterocycles. The molecule has 1 unspecified atom stereocenters. The molecule has 0 radical (unpaired) electrons. The van der Waals surface area contributed by atoms with Crippen LogP contribution in [0.1, 0.15) is 35.1 Å². The average Bonchev–Trinajstić information content (AvgIpc) is 3.30. The lowest BCUT2D eigenvalue weighted by Crippen LogP contribution is -2.51. The largest absolute Gasteiger partial charge is 0.459 e. The molecule has 5 heterocycles. The number of hydrogen-bond donors (Lipinski definition) is 0. The van der Waals surface area contributed by atoms with E-state index in [-0.39, 0.29) is 11.9 Å². The number of piperazine rings is 1. The maximum atomic E-state index is 13.0. The van der Waals surface area contributed by atoms with E-state index in [1.54, 1.807) is 18.4 Å². The minimum atomic E-state index is -0.0381. The summed E-state index contributed by atoms with van der Waals surface area (Å²) in [5.41, 5.74) is 1.98. The zero-order valence-corrected chi connectivity index (χ0v) is 18.2. The summed E-state index contributed by atoms with van der Waals surface area (Å²) in [5, 5.41) is 0. The molecule has 1 saturated carbocycles. The molecule has 0 bridgehead atoms. The van der Waals surface area contributed by atoms with E-state index in [0.29, 0.717) is 12.3 Å². The minimum absolute atomic E-state index is 0.0381. The maximum Gasteiger partial charge on any atom is 0.289 e. The Kier molecular flexibility index (Phi) is 5.11. The highest BCUT2D eigenvalue weighted by atomic mass is 16.5. The highest BCUT2D eigenvalue weighted by molar-refractivity contribution is 5.91. The van der Waals surface area contributed by atoms with Crippen LogP contribution in [0.4, 0.5) is 5.82 Å². The molecule has 2 saturated heterocycles. The van der Waals surface area contributed by atoms with Gasteiger partial charge in [0.15, 0.2) is 5.76 Å². The number of anilines is 1. The summed E-state index contributed by atoms with van der Waals surface area (Å²) in [6.45, 7) is 6.55. The van der Waals surface area contributed by atoms with Gasteiger partial charge in [-0.15, -0.1) is 0 Å². The first kappa shape index (κ1) is 19.8. The SMILES string of the molecule is O=C(c1ccco1)N1CCN(CC2CC2)C(c2cn3c(N4CCOCC4)cccc3n2)C1. The van der Waals surface area contributed by atoms with E-state index in [1.807, 2.05) is 4.90 Å². The Morgan fingerprint density at radius 1 is 1.06 bits per heavy atom. The van der Waals surface area contributed by atoms with Crippen LogP contribution in [0, 0.1) is 5.92 Å². The topological polar surface area (TPSA) is 66.5 Å². The lowest BCUT2D eigenvalue weighted by Gasteiger charge is -2.40. The van der Waals surface area contributed by atoms with Crippen LogP contribution in [0.15, 0.2) is 47.2 Å². The third-order valence-corrected chi connectivity index (χ3v) is 6.87. The van der Waals surface area contributed by atoms with E-state index in [0.717, 1.165) is 69.0 Å². The fourth-order valence-corrected chi connectivity index (χ4v) is 4.92. The van der Waals surface area contributed by atoms with Gasteiger partial charge in [-0.2, -0.15) is 0 Å². The van der Waals surface area contributed by atoms with E-state index in [4.69, 9.17) is 14.1 Å². The predicted molar refractivity (Wildman–Crippen MR) is 120 cm³/mol. The second kappa shape index (κ2) is 8.26. The van der Waals surface area contributed by atoms with Crippen LogP contribution in [-0.4, -0.2) is 77.6 Å². The van der Waals surface area contributed by atoms with E-state index in [1.165, 1.54) is 12.8 Å². The van der Waals surface area contributed by atoms with Gasteiger partial charge in [0, 0.05) is 45.5 Å². The molecule has 8 nitrogen and oxygen atoms in total. The number of rotatable bonds is 5. The molecule has 2 aliphatic heterocycles. The van der Waals surface area contributed by atoms with Gasteiger partial charge in [0.1, 0.15) is 11.5 Å². The third kappa shape index (κ3) is 3.78. The van der Waals surface area contributed by atoms with Crippen molar-refractivity contribution in [3.8, 4) is 0 Å². The standard InChI is InChI=1S/C24H29N5O3/c30-24(21-3-2-12-32-21)28-9-8-27(15-18-6-7-18)20(17-28)19-16-29-22(25-19)4-1-5-23(29)26-10-13-31-14-11-26/h1-5,12,16,18,20H,6-11,13-15,17H2. The van der Waals surface area contributed by atoms with Crippen LogP contribution in [0.25, 0.3) is 5.65 Å². The summed E-state index contributed by atoms with van der Waals surface area (Å²) in [5.74, 6) is 2.30. The summed E-state index contributed by atoms with van der Waals surface area (Å²) >= 11 is 0. The normalized spacial score (nSPS) is 22.6. The third-order valence-electron chi connectivity index (χ3n) is 6.87. The molecule has 8 heteroatoms. The zero-order valence-electron chi connectivity index (χ0n) is 18.2. The number of furan rings is 1. The first-order valence-corrected chi connectivity index (χ1v) is 11.6. The first-order valence-electron chi connectivity index (χ1n) is 11.6. The lowest BCUT2D eigenvalue weighted by molar-refractivity contribution is 0.0433. The summed E-state index contributed by atoms with van der Waals surface area (Å²) in [6.07, 6.45) is 6.35. The van der Waals surface area contributed by atoms with Gasteiger partial charge < -0.3 is 19.0 Å². The summed E-state index contributed by atoms with van der Waals surface area (Å²) in [6, 6.07) is 9.89. The number of ether oxygens (including phenoxy) is 1. The molecule has 3 fully saturated rings. The minimum Gasteiger partial charge on any atom is -0.459 e. The van der Waals surface area contributed by atoms with Crippen LogP contribution in [0.2, 0.25) is 0 Å². The van der Waals surface area contributed by atoms with E-state index in [9.17, 15) is 4.79 Å². The molecule has 1 amide bonds. The quantitative estimate of drug-likeness (QED) is 0.614. The molecule has 32 heavy (non-hydrogen) atoms. The van der Waals surface area contributed by atoms with Crippen molar-refractivity contribution in [2.45, 2.75) is 18.9 Å². The van der Waals surface area contributed by atoms with E-state index >= 15 is 0 Å². The van der Waals surface area contributed by atoms with Crippen LogP contribution < -0.4 is 4.90 Å². The number of pyridine rings is 1. The number of carbonyl (C=O) groups excluding carboxylic acids is 1. The van der Waals surface area contributed by atoms with Gasteiger partial charge in [-0.1, -0.05) is 6.07 Å². The summed E-state index contributed by atoms with van der Waals surface area (Å²) in [4.78, 5) is 24.8. The molecular weight excluding hydrogens is 406 g/mol. The number of hydrogen-bond acceptors (Lipinski definition) is 6. The number of amides is 1. The smallest absolute Gasteiger partial charge is 0.289 e. The number of carbonyl (C=O) groups is 1. The monoisotopic (exact) mass is 435 g/mol. The molecule has 3 aromatic rings. The molecule has 0 spiro atoms. The Morgan fingerprint density at radius 2 is 1.94 bits per heavy atom. The van der Waals surface area contributed by atoms with E-state index in [2.05, 4.69) is 38.6 Å². The van der Waals surface area contributed by atoms with Crippen molar-refractivity contribution in [2.75, 3.05) is 57.4 Å². The summed E-state index contributed by atoms with van der Waals surface area (Å²) < 4.78 is 13.1. The number of imidazole rings is 1. The van der Waals surface area contributed by atoms with Gasteiger partial charge in [-0.3, -0.25) is 14.1 Å². The maximum absolute atomic E-state index is 13.0. The second-order valence-electron chi connectivity index (χ2n) is 9.06. The van der Waals surface area contributed by atoms with Gasteiger partial charge in [0.25, 0.3) is 5.91 Å². The Morgan fingerprint density at radius 3 is 2.72 bits per heavy atom. The van der Waals surface area contributed by atoms with Crippen LogP contribution in [0.5, 0.6) is 0 Å². The van der Waals surface area contributed by atoms with Gasteiger partial charge >= 0.3 is 0 Å². The van der Waals surface area contributed by atoms with Crippen molar-refractivity contribution in [1.29, 1.82) is 0 Å². The van der Waals surface area contributed by atoms with Crippen molar-refractivity contribution in [3.05, 3.63) is 54.2 Å². The van der Waals surface area contributed by atoms with Crippen molar-refractivity contribution in [2.24, 2.45) is 5.92 Å². The fourth-order valence-electron chi connectivity index (χ4n) is 4.92. The Hall–Kier alpha value is -2.84. The van der Waals surface area contributed by atoms with Crippen molar-refractivity contribution < 1.29 is 13.9 Å². The average molecular weight is 436 g/mol. The highest BCUT2D eigenvalue weighted by Crippen LogP contribution is 2.35. The molecule has 0 aromatic carbocycles. The van der Waals surface area contributed by atoms with Crippen molar-refractivity contribution in [3.63, 3.8) is 0 Å². The summed E-state index contributed by atoms with van der Waals surface area (Å²) in [7, 11) is 0. The predicted octanol–water partition coefficient (Wildman–Crippen LogP) is 2.67. The second-order valence-corrected chi connectivity index (χ2v) is 9.06. The molecule has 1 aliphatic carbocycles. The van der Waals surface area contributed by atoms with Gasteiger partial charge in [-0.25, -0.2) is 4.98 Å². The number of nitrogens with zero attached hydrogens (tertiary/aromatic N) is 5. The van der Waals surface area contributed by atoms with Gasteiger partial charge in [0.2, 0.25) is 0 Å². The van der Waals surface area contributed by atoms with Crippen molar-refractivity contribution >= 4 is 17.4 Å². The van der Waals surface area contributed by atoms with Gasteiger partial charge in [0.05, 0.1) is 31.2 Å². The molecule has 168 valence electrons. The van der Waals surface area contributed by atoms with Crippen molar-refractivity contribution in [1.82, 2.24) is 19.2 Å². The Balaban J connectivity index is 1.32. The number of aromatic nitrogens is 2. The Bertz CT molecular complexity index is 1080. The lowest BCUT2D eigenvalue weighted by atomic mass is 10.1. The van der Waals surface area contributed by atoms with E-state index < -0.39 is 0 Å². The number of morpholine rings is 1. The van der Waals surface area contributed by atoms with Crippen LogP contribution >= 0.6 is 0 Å². The molecule has 0 N–H and O–H groups in total. The van der Waals surface area contributed by atoms with Crippen LogP contribution in [-0.2, 0) is 4.74 Å². The molecule has 6 rings (SSSR count). The Labute approximate surface area is 187 Å². The molecule has 3 aliphatic rings. The number of fused-ring (bicyclic) bond motifs is 1. The highest BCUT2D eigenvalue weighted by Gasteiger charge is 2.36.